The number of carbonyl (C=O) groups excluding carboxylic acids is 1. The van der Waals surface area contributed by atoms with Gasteiger partial charge in [-0.25, -0.2) is 4.39 Å². The van der Waals surface area contributed by atoms with Gasteiger partial charge in [-0.15, -0.1) is 11.6 Å². The molecule has 0 bridgehead atoms. The lowest BCUT2D eigenvalue weighted by Crippen LogP contribution is -2.07. The number of ether oxygens (including phenoxy) is 1. The lowest BCUT2D eigenvalue weighted by molar-refractivity contribution is -0.139. The van der Waals surface area contributed by atoms with E-state index in [2.05, 4.69) is 4.74 Å². The van der Waals surface area contributed by atoms with Crippen molar-refractivity contribution in [3.8, 4) is 0 Å². The van der Waals surface area contributed by atoms with Crippen molar-refractivity contribution >= 4 is 17.6 Å². The summed E-state index contributed by atoms with van der Waals surface area (Å²) in [5.74, 6) is -0.476. The molecule has 0 unspecified atom stereocenters. The highest BCUT2D eigenvalue weighted by atomic mass is 35.5. The average molecular weight is 231 g/mol. The van der Waals surface area contributed by atoms with Crippen LogP contribution in [0.1, 0.15) is 16.7 Å². The molecule has 0 aliphatic rings. The van der Waals surface area contributed by atoms with Crippen LogP contribution in [0.3, 0.4) is 0 Å². The van der Waals surface area contributed by atoms with Gasteiger partial charge in [0.25, 0.3) is 0 Å². The molecule has 4 heteroatoms. The number of halogens is 2. The summed E-state index contributed by atoms with van der Waals surface area (Å²) in [6.07, 6.45) is 0.125. The number of benzene rings is 1. The lowest BCUT2D eigenvalue weighted by Gasteiger charge is -2.08. The molecular formula is C11H12ClFO2. The van der Waals surface area contributed by atoms with Crippen molar-refractivity contribution in [2.24, 2.45) is 0 Å². The van der Waals surface area contributed by atoms with E-state index in [1.165, 1.54) is 13.2 Å². The minimum Gasteiger partial charge on any atom is -0.469 e. The van der Waals surface area contributed by atoms with Crippen molar-refractivity contribution in [2.75, 3.05) is 7.11 Å². The number of alkyl halides is 1. The zero-order valence-electron chi connectivity index (χ0n) is 8.64. The van der Waals surface area contributed by atoms with Crippen molar-refractivity contribution in [3.05, 3.63) is 34.6 Å². The second-order valence-corrected chi connectivity index (χ2v) is 3.52. The van der Waals surface area contributed by atoms with Crippen LogP contribution in [-0.2, 0) is 21.8 Å². The zero-order valence-corrected chi connectivity index (χ0v) is 9.40. The maximum absolute atomic E-state index is 13.2. The van der Waals surface area contributed by atoms with Crippen LogP contribution in [0.15, 0.2) is 12.1 Å². The normalized spacial score (nSPS) is 10.1. The molecule has 0 fully saturated rings. The molecule has 0 aliphatic carbocycles. The summed E-state index contributed by atoms with van der Waals surface area (Å²) in [6.45, 7) is 1.65. The fraction of sp³-hybridized carbons (Fsp3) is 0.364. The number of hydrogen-bond acceptors (Lipinski definition) is 2. The molecule has 0 heterocycles. The van der Waals surface area contributed by atoms with E-state index in [0.717, 1.165) is 5.56 Å². The predicted molar refractivity (Wildman–Crippen MR) is 56.4 cm³/mol. The predicted octanol–water partition coefficient (Wildman–Crippen LogP) is 2.59. The molecule has 0 atom stereocenters. The molecule has 0 aromatic heterocycles. The van der Waals surface area contributed by atoms with Gasteiger partial charge < -0.3 is 4.74 Å². The minimum absolute atomic E-state index is 0.125. The van der Waals surface area contributed by atoms with E-state index in [4.69, 9.17) is 11.6 Å². The first-order valence-corrected chi connectivity index (χ1v) is 5.02. The van der Waals surface area contributed by atoms with Gasteiger partial charge >= 0.3 is 5.97 Å². The monoisotopic (exact) mass is 230 g/mol. The van der Waals surface area contributed by atoms with Crippen LogP contribution >= 0.6 is 11.6 Å². The third kappa shape index (κ3) is 2.93. The summed E-state index contributed by atoms with van der Waals surface area (Å²) in [5, 5.41) is 0. The topological polar surface area (TPSA) is 26.3 Å². The molecule has 82 valence electrons. The SMILES string of the molecule is COC(=O)Cc1cc(C)c(F)cc1CCl. The number of methoxy groups -OCH3 is 1. The molecule has 0 saturated heterocycles. The lowest BCUT2D eigenvalue weighted by atomic mass is 10.0. The van der Waals surface area contributed by atoms with E-state index in [0.29, 0.717) is 11.1 Å². The highest BCUT2D eigenvalue weighted by Gasteiger charge is 2.10. The van der Waals surface area contributed by atoms with E-state index < -0.39 is 0 Å². The van der Waals surface area contributed by atoms with Crippen molar-refractivity contribution in [3.63, 3.8) is 0 Å². The molecule has 1 aromatic rings. The minimum atomic E-state index is -0.354. The largest absolute Gasteiger partial charge is 0.469 e. The Kier molecular flexibility index (Phi) is 4.09. The second kappa shape index (κ2) is 5.12. The molecular weight excluding hydrogens is 219 g/mol. The Labute approximate surface area is 93.0 Å². The first-order chi connectivity index (χ1) is 7.08. The van der Waals surface area contributed by atoms with Crippen LogP contribution in [0.5, 0.6) is 0 Å². The van der Waals surface area contributed by atoms with Gasteiger partial charge in [0.1, 0.15) is 5.82 Å². The van der Waals surface area contributed by atoms with Crippen LogP contribution in [-0.4, -0.2) is 13.1 Å². The fourth-order valence-electron chi connectivity index (χ4n) is 1.30. The van der Waals surface area contributed by atoms with Gasteiger partial charge in [-0.1, -0.05) is 6.07 Å². The van der Waals surface area contributed by atoms with Crippen LogP contribution in [0.25, 0.3) is 0 Å². The molecule has 0 spiro atoms. The van der Waals surface area contributed by atoms with Crippen molar-refractivity contribution in [1.29, 1.82) is 0 Å². The maximum atomic E-state index is 13.2. The number of esters is 1. The molecule has 1 rings (SSSR count). The third-order valence-electron chi connectivity index (χ3n) is 2.19. The highest BCUT2D eigenvalue weighted by molar-refractivity contribution is 6.17. The Morgan fingerprint density at radius 2 is 2.13 bits per heavy atom. The van der Waals surface area contributed by atoms with E-state index in [9.17, 15) is 9.18 Å². The Morgan fingerprint density at radius 3 is 2.67 bits per heavy atom. The van der Waals surface area contributed by atoms with Crippen molar-refractivity contribution < 1.29 is 13.9 Å². The van der Waals surface area contributed by atoms with Crippen LogP contribution < -0.4 is 0 Å². The molecule has 0 amide bonds. The summed E-state index contributed by atoms with van der Waals surface area (Å²) >= 11 is 5.66. The Morgan fingerprint density at radius 1 is 1.47 bits per heavy atom. The molecule has 0 aliphatic heterocycles. The standard InChI is InChI=1S/C11H12ClFO2/c1-7-3-8(5-11(14)15-2)9(6-12)4-10(7)13/h3-4H,5-6H2,1-2H3. The van der Waals surface area contributed by atoms with E-state index in [-0.39, 0.29) is 24.1 Å². The smallest absolute Gasteiger partial charge is 0.309 e. The summed E-state index contributed by atoms with van der Waals surface area (Å²) in [6, 6.07) is 2.99. The molecule has 15 heavy (non-hydrogen) atoms. The first kappa shape index (κ1) is 12.0. The quantitative estimate of drug-likeness (QED) is 0.589. The fourth-order valence-corrected chi connectivity index (χ4v) is 1.55. The average Bonchev–Trinajstić information content (AvgIpc) is 2.22. The van der Waals surface area contributed by atoms with Gasteiger partial charge in [0.2, 0.25) is 0 Å². The summed E-state index contributed by atoms with van der Waals surface area (Å²) < 4.78 is 17.7. The van der Waals surface area contributed by atoms with E-state index in [1.807, 2.05) is 0 Å². The van der Waals surface area contributed by atoms with E-state index in [1.54, 1.807) is 13.0 Å². The number of rotatable bonds is 3. The van der Waals surface area contributed by atoms with Gasteiger partial charge in [0, 0.05) is 5.88 Å². The Balaban J connectivity index is 3.05. The zero-order chi connectivity index (χ0) is 11.4. The van der Waals surface area contributed by atoms with E-state index >= 15 is 0 Å². The molecule has 0 saturated carbocycles. The van der Waals surface area contributed by atoms with Crippen molar-refractivity contribution in [1.82, 2.24) is 0 Å². The van der Waals surface area contributed by atoms with Gasteiger partial charge in [-0.2, -0.15) is 0 Å². The highest BCUT2D eigenvalue weighted by Crippen LogP contribution is 2.18. The molecule has 0 radical (unpaired) electrons. The maximum Gasteiger partial charge on any atom is 0.309 e. The number of aryl methyl sites for hydroxylation is 1. The van der Waals surface area contributed by atoms with Crippen LogP contribution in [0.2, 0.25) is 0 Å². The van der Waals surface area contributed by atoms with Crippen LogP contribution in [0.4, 0.5) is 4.39 Å². The van der Waals surface area contributed by atoms with Crippen molar-refractivity contribution in [2.45, 2.75) is 19.2 Å². The Bertz CT molecular complexity index is 377. The van der Waals surface area contributed by atoms with Gasteiger partial charge in [-0.05, 0) is 29.7 Å². The number of carbonyl (C=O) groups is 1. The summed E-state index contributed by atoms with van der Waals surface area (Å²) in [7, 11) is 1.32. The second-order valence-electron chi connectivity index (χ2n) is 3.26. The summed E-state index contributed by atoms with van der Waals surface area (Å²) in [4.78, 5) is 11.1. The molecule has 1 aromatic carbocycles. The third-order valence-corrected chi connectivity index (χ3v) is 2.48. The Hall–Kier alpha value is -1.09. The first-order valence-electron chi connectivity index (χ1n) is 4.49. The number of hydrogen-bond donors (Lipinski definition) is 0. The van der Waals surface area contributed by atoms with Gasteiger partial charge in [0.05, 0.1) is 13.5 Å². The van der Waals surface area contributed by atoms with Gasteiger partial charge in [0.15, 0.2) is 0 Å². The van der Waals surface area contributed by atoms with Gasteiger partial charge in [-0.3, -0.25) is 4.79 Å². The van der Waals surface area contributed by atoms with Crippen LogP contribution in [0, 0.1) is 12.7 Å². The molecule has 2 nitrogen and oxygen atoms in total. The summed E-state index contributed by atoms with van der Waals surface area (Å²) in [5.41, 5.74) is 1.85. The molecule has 0 N–H and O–H groups in total.